The average Bonchev–Trinajstić information content (AvgIpc) is 2.76. The Morgan fingerprint density at radius 3 is 2.62 bits per heavy atom. The van der Waals surface area contributed by atoms with E-state index in [2.05, 4.69) is 11.9 Å². The first-order valence-corrected chi connectivity index (χ1v) is 5.48. The number of nitrogens with one attached hydrogen (secondary N) is 1. The first kappa shape index (κ1) is 13.5. The molecule has 0 aromatic rings. The molecule has 4 nitrogen and oxygen atoms in total. The van der Waals surface area contributed by atoms with Gasteiger partial charge in [-0.05, 0) is 11.8 Å². The third-order valence-electron chi connectivity index (χ3n) is 3.20. The molecule has 5 heteroatoms. The van der Waals surface area contributed by atoms with Crippen molar-refractivity contribution in [1.29, 1.82) is 0 Å². The van der Waals surface area contributed by atoms with Crippen LogP contribution in [0.2, 0.25) is 0 Å². The molecule has 2 heterocycles. The van der Waals surface area contributed by atoms with Gasteiger partial charge >= 0.3 is 0 Å². The third-order valence-corrected chi connectivity index (χ3v) is 3.20. The number of fused-ring (bicyclic) bond motifs is 1. The number of hydrogen-bond donors (Lipinski definition) is 1. The van der Waals surface area contributed by atoms with Gasteiger partial charge in [0, 0.05) is 26.2 Å². The molecular weight excluding hydrogens is 228 g/mol. The van der Waals surface area contributed by atoms with Crippen molar-refractivity contribution in [1.82, 2.24) is 10.2 Å². The van der Waals surface area contributed by atoms with Gasteiger partial charge < -0.3 is 15.0 Å². The fraction of sp³-hybridized carbons (Fsp3) is 0.727. The summed E-state index contributed by atoms with van der Waals surface area (Å²) in [6.45, 7) is 8.10. The Kier molecular flexibility index (Phi) is 5.25. The Morgan fingerprint density at radius 1 is 1.44 bits per heavy atom. The molecule has 2 aliphatic heterocycles. The fourth-order valence-corrected chi connectivity index (χ4v) is 2.38. The van der Waals surface area contributed by atoms with Gasteiger partial charge in [-0.15, -0.1) is 19.0 Å². The summed E-state index contributed by atoms with van der Waals surface area (Å²) in [6.07, 6.45) is 1.66. The molecule has 16 heavy (non-hydrogen) atoms. The van der Waals surface area contributed by atoms with E-state index >= 15 is 0 Å². The summed E-state index contributed by atoms with van der Waals surface area (Å²) in [5.41, 5.74) is 0. The van der Waals surface area contributed by atoms with Crippen molar-refractivity contribution in [3.05, 3.63) is 12.7 Å². The molecule has 1 N–H and O–H groups in total. The third kappa shape index (κ3) is 2.97. The second kappa shape index (κ2) is 6.23. The zero-order valence-corrected chi connectivity index (χ0v) is 10.2. The molecule has 92 valence electrons. The average molecular weight is 247 g/mol. The number of carbonyl (C=O) groups excluding carboxylic acids is 1. The highest BCUT2D eigenvalue weighted by Gasteiger charge is 2.37. The first-order valence-electron chi connectivity index (χ1n) is 5.48. The Hall–Kier alpha value is -0.580. The molecule has 2 atom stereocenters. The van der Waals surface area contributed by atoms with Crippen LogP contribution in [-0.4, -0.2) is 50.2 Å². The van der Waals surface area contributed by atoms with Crippen molar-refractivity contribution < 1.29 is 9.53 Å². The van der Waals surface area contributed by atoms with Gasteiger partial charge in [0.2, 0.25) is 5.91 Å². The Balaban J connectivity index is 0.00000128. The minimum Gasteiger partial charge on any atom is -0.368 e. The number of carbonyl (C=O) groups is 1. The van der Waals surface area contributed by atoms with Crippen LogP contribution >= 0.6 is 12.4 Å². The van der Waals surface area contributed by atoms with E-state index < -0.39 is 0 Å². The molecule has 0 aliphatic carbocycles. The Bertz CT molecular complexity index is 248. The van der Waals surface area contributed by atoms with Crippen LogP contribution in [0.4, 0.5) is 0 Å². The molecule has 0 spiro atoms. The molecule has 2 aliphatic rings. The Labute approximate surface area is 102 Å². The van der Waals surface area contributed by atoms with E-state index in [1.165, 1.54) is 0 Å². The van der Waals surface area contributed by atoms with Crippen LogP contribution in [0.15, 0.2) is 12.7 Å². The van der Waals surface area contributed by atoms with Crippen LogP contribution < -0.4 is 5.32 Å². The molecule has 2 rings (SSSR count). The SMILES string of the molecule is C=CCOCC(=O)N1C[C@H]2CNC[C@H]2C1.Cl. The summed E-state index contributed by atoms with van der Waals surface area (Å²) in [5.74, 6) is 1.44. The summed E-state index contributed by atoms with van der Waals surface area (Å²) in [4.78, 5) is 13.6. The number of nitrogens with zero attached hydrogens (tertiary/aromatic N) is 1. The quantitative estimate of drug-likeness (QED) is 0.573. The van der Waals surface area contributed by atoms with Gasteiger partial charge in [-0.3, -0.25) is 4.79 Å². The van der Waals surface area contributed by atoms with E-state index in [-0.39, 0.29) is 24.9 Å². The molecule has 0 aromatic heterocycles. The van der Waals surface area contributed by atoms with Crippen molar-refractivity contribution in [2.24, 2.45) is 11.8 Å². The molecular formula is C11H19ClN2O2. The summed E-state index contributed by atoms with van der Waals surface area (Å²) >= 11 is 0. The van der Waals surface area contributed by atoms with Gasteiger partial charge in [0.15, 0.2) is 0 Å². The lowest BCUT2D eigenvalue weighted by molar-refractivity contribution is -0.134. The number of hydrogen-bond acceptors (Lipinski definition) is 3. The van der Waals surface area contributed by atoms with Gasteiger partial charge in [-0.25, -0.2) is 0 Å². The monoisotopic (exact) mass is 246 g/mol. The van der Waals surface area contributed by atoms with E-state index in [1.807, 2.05) is 4.90 Å². The lowest BCUT2D eigenvalue weighted by Crippen LogP contribution is -2.34. The van der Waals surface area contributed by atoms with Crippen molar-refractivity contribution in [2.75, 3.05) is 39.4 Å². The predicted molar refractivity (Wildman–Crippen MR) is 64.7 cm³/mol. The van der Waals surface area contributed by atoms with Gasteiger partial charge in [-0.2, -0.15) is 0 Å². The minimum atomic E-state index is 0. The second-order valence-electron chi connectivity index (χ2n) is 4.28. The van der Waals surface area contributed by atoms with Crippen molar-refractivity contribution >= 4 is 18.3 Å². The second-order valence-corrected chi connectivity index (χ2v) is 4.28. The van der Waals surface area contributed by atoms with E-state index in [9.17, 15) is 4.79 Å². The van der Waals surface area contributed by atoms with Crippen LogP contribution in [0.3, 0.4) is 0 Å². The predicted octanol–water partition coefficient (Wildman–Crippen LogP) is 0.289. The molecule has 0 bridgehead atoms. The van der Waals surface area contributed by atoms with Gasteiger partial charge in [0.05, 0.1) is 6.61 Å². The Morgan fingerprint density at radius 2 is 2.06 bits per heavy atom. The number of rotatable bonds is 4. The highest BCUT2D eigenvalue weighted by Crippen LogP contribution is 2.26. The van der Waals surface area contributed by atoms with Gasteiger partial charge in [0.1, 0.15) is 6.61 Å². The number of halogens is 1. The summed E-state index contributed by atoms with van der Waals surface area (Å²) in [7, 11) is 0. The van der Waals surface area contributed by atoms with E-state index in [0.29, 0.717) is 18.4 Å². The normalized spacial score (nSPS) is 27.4. The number of ether oxygens (including phenoxy) is 1. The molecule has 0 saturated carbocycles. The highest BCUT2D eigenvalue weighted by molar-refractivity contribution is 5.85. The van der Waals surface area contributed by atoms with E-state index in [1.54, 1.807) is 6.08 Å². The molecule has 0 aromatic carbocycles. The molecule has 0 unspecified atom stereocenters. The summed E-state index contributed by atoms with van der Waals surface area (Å²) in [5, 5.41) is 3.35. The largest absolute Gasteiger partial charge is 0.368 e. The van der Waals surface area contributed by atoms with Crippen molar-refractivity contribution in [2.45, 2.75) is 0 Å². The summed E-state index contributed by atoms with van der Waals surface area (Å²) < 4.78 is 5.15. The summed E-state index contributed by atoms with van der Waals surface area (Å²) in [6, 6.07) is 0. The first-order chi connectivity index (χ1) is 7.31. The van der Waals surface area contributed by atoms with Gasteiger partial charge in [0.25, 0.3) is 0 Å². The lowest BCUT2D eigenvalue weighted by Gasteiger charge is -2.17. The fourth-order valence-electron chi connectivity index (χ4n) is 2.38. The maximum atomic E-state index is 11.7. The molecule has 2 fully saturated rings. The van der Waals surface area contributed by atoms with Crippen molar-refractivity contribution in [3.63, 3.8) is 0 Å². The van der Waals surface area contributed by atoms with E-state index in [4.69, 9.17) is 4.74 Å². The standard InChI is InChI=1S/C11H18N2O2.ClH/c1-2-3-15-8-11(14)13-6-9-4-12-5-10(9)7-13;/h2,9-10,12H,1,3-8H2;1H/t9-,10+;. The zero-order chi connectivity index (χ0) is 10.7. The minimum absolute atomic E-state index is 0. The zero-order valence-electron chi connectivity index (χ0n) is 9.35. The van der Waals surface area contributed by atoms with E-state index in [0.717, 1.165) is 26.2 Å². The smallest absolute Gasteiger partial charge is 0.248 e. The van der Waals surface area contributed by atoms with Gasteiger partial charge in [-0.1, -0.05) is 6.08 Å². The molecule has 1 amide bonds. The van der Waals surface area contributed by atoms with Crippen LogP contribution in [0.1, 0.15) is 0 Å². The molecule has 0 radical (unpaired) electrons. The van der Waals surface area contributed by atoms with Crippen LogP contribution in [-0.2, 0) is 9.53 Å². The lowest BCUT2D eigenvalue weighted by atomic mass is 10.0. The number of amides is 1. The number of likely N-dealkylation sites (tertiary alicyclic amines) is 1. The topological polar surface area (TPSA) is 41.6 Å². The highest BCUT2D eigenvalue weighted by atomic mass is 35.5. The van der Waals surface area contributed by atoms with Crippen LogP contribution in [0.5, 0.6) is 0 Å². The van der Waals surface area contributed by atoms with Crippen molar-refractivity contribution in [3.8, 4) is 0 Å². The maximum absolute atomic E-state index is 11.7. The molecule has 2 saturated heterocycles. The maximum Gasteiger partial charge on any atom is 0.248 e. The van der Waals surface area contributed by atoms with Crippen LogP contribution in [0.25, 0.3) is 0 Å². The van der Waals surface area contributed by atoms with Crippen LogP contribution in [0, 0.1) is 11.8 Å².